The van der Waals surface area contributed by atoms with E-state index in [2.05, 4.69) is 10.0 Å². The van der Waals surface area contributed by atoms with E-state index >= 15 is 0 Å². The van der Waals surface area contributed by atoms with Gasteiger partial charge >= 0.3 is 0 Å². The van der Waals surface area contributed by atoms with Crippen LogP contribution in [0.5, 0.6) is 0 Å². The lowest BCUT2D eigenvalue weighted by atomic mass is 9.65. The van der Waals surface area contributed by atoms with Gasteiger partial charge in [0.25, 0.3) is 0 Å². The highest BCUT2D eigenvalue weighted by Gasteiger charge is 2.40. The van der Waals surface area contributed by atoms with E-state index in [1.807, 2.05) is 6.92 Å². The molecule has 4 N–H and O–H groups in total. The number of rotatable bonds is 6. The van der Waals surface area contributed by atoms with E-state index in [0.29, 0.717) is 18.4 Å². The molecule has 26 heavy (non-hydrogen) atoms. The Kier molecular flexibility index (Phi) is 5.99. The van der Waals surface area contributed by atoms with E-state index in [0.717, 1.165) is 31.2 Å². The topological polar surface area (TPSA) is 101 Å². The molecule has 3 rings (SSSR count). The lowest BCUT2D eigenvalue weighted by Gasteiger charge is -2.43. The number of aryl methyl sites for hydroxylation is 1. The van der Waals surface area contributed by atoms with E-state index in [9.17, 15) is 13.2 Å². The van der Waals surface area contributed by atoms with E-state index < -0.39 is 10.0 Å². The second-order valence-electron chi connectivity index (χ2n) is 7.70. The summed E-state index contributed by atoms with van der Waals surface area (Å²) in [5, 5.41) is 2.88. The van der Waals surface area contributed by atoms with Gasteiger partial charge in [0.1, 0.15) is 0 Å². The number of fused-ring (bicyclic) bond motifs is 2. The SMILES string of the molecule is Cc1ccc(S(=O)(=O)NCCNC(=O)C2CC3CCCC(C2)C3N)cc1. The highest BCUT2D eigenvalue weighted by molar-refractivity contribution is 7.89. The fourth-order valence-electron chi connectivity index (χ4n) is 4.32. The molecule has 2 saturated carbocycles. The molecular formula is C19H29N3O3S. The van der Waals surface area contributed by atoms with E-state index in [1.54, 1.807) is 24.3 Å². The van der Waals surface area contributed by atoms with Gasteiger partial charge in [0, 0.05) is 25.0 Å². The maximum Gasteiger partial charge on any atom is 0.240 e. The summed E-state index contributed by atoms with van der Waals surface area (Å²) >= 11 is 0. The molecule has 1 amide bonds. The van der Waals surface area contributed by atoms with Gasteiger partial charge in [-0.25, -0.2) is 13.1 Å². The number of nitrogens with one attached hydrogen (secondary N) is 2. The zero-order valence-electron chi connectivity index (χ0n) is 15.3. The number of benzene rings is 1. The number of carbonyl (C=O) groups excluding carboxylic acids is 1. The first-order chi connectivity index (χ1) is 12.4. The molecule has 2 atom stereocenters. The lowest BCUT2D eigenvalue weighted by molar-refractivity contribution is -0.127. The molecule has 0 aromatic heterocycles. The Morgan fingerprint density at radius 3 is 2.35 bits per heavy atom. The molecule has 0 aliphatic heterocycles. The van der Waals surface area contributed by atoms with Gasteiger partial charge in [0.05, 0.1) is 4.90 Å². The van der Waals surface area contributed by atoms with Crippen LogP contribution in [0.25, 0.3) is 0 Å². The maximum atomic E-state index is 12.4. The van der Waals surface area contributed by atoms with Crippen LogP contribution in [0.2, 0.25) is 0 Å². The van der Waals surface area contributed by atoms with Crippen LogP contribution < -0.4 is 15.8 Å². The highest BCUT2D eigenvalue weighted by atomic mass is 32.2. The van der Waals surface area contributed by atoms with Crippen LogP contribution in [0.1, 0.15) is 37.7 Å². The number of nitrogens with two attached hydrogens (primary N) is 1. The van der Waals surface area contributed by atoms with Crippen LogP contribution >= 0.6 is 0 Å². The number of amides is 1. The van der Waals surface area contributed by atoms with Crippen LogP contribution in [-0.4, -0.2) is 33.5 Å². The van der Waals surface area contributed by atoms with Gasteiger partial charge in [-0.2, -0.15) is 0 Å². The Hall–Kier alpha value is -1.44. The van der Waals surface area contributed by atoms with Crippen molar-refractivity contribution in [3.05, 3.63) is 29.8 Å². The summed E-state index contributed by atoms with van der Waals surface area (Å²) in [6.45, 7) is 2.38. The molecular weight excluding hydrogens is 350 g/mol. The van der Waals surface area contributed by atoms with Gasteiger partial charge in [0.15, 0.2) is 0 Å². The minimum atomic E-state index is -3.54. The molecule has 1 aromatic carbocycles. The van der Waals surface area contributed by atoms with E-state index in [-0.39, 0.29) is 29.3 Å². The summed E-state index contributed by atoms with van der Waals surface area (Å²) in [5.74, 6) is 0.957. The second-order valence-corrected chi connectivity index (χ2v) is 9.47. The molecule has 2 fully saturated rings. The van der Waals surface area contributed by atoms with Crippen LogP contribution in [0.4, 0.5) is 0 Å². The van der Waals surface area contributed by atoms with Crippen molar-refractivity contribution in [2.75, 3.05) is 13.1 Å². The molecule has 2 aliphatic carbocycles. The summed E-state index contributed by atoms with van der Waals surface area (Å²) in [6.07, 6.45) is 5.19. The van der Waals surface area contributed by atoms with Gasteiger partial charge in [-0.1, -0.05) is 24.1 Å². The minimum absolute atomic E-state index is 0.0128. The van der Waals surface area contributed by atoms with Crippen molar-refractivity contribution in [2.24, 2.45) is 23.5 Å². The first-order valence-corrected chi connectivity index (χ1v) is 10.9. The predicted molar refractivity (Wildman–Crippen MR) is 101 cm³/mol. The smallest absolute Gasteiger partial charge is 0.240 e. The zero-order chi connectivity index (χ0) is 18.7. The summed E-state index contributed by atoms with van der Waals surface area (Å²) in [6, 6.07) is 6.94. The van der Waals surface area contributed by atoms with Crippen molar-refractivity contribution in [2.45, 2.75) is 50.0 Å². The molecule has 0 spiro atoms. The lowest BCUT2D eigenvalue weighted by Crippen LogP contribution is -2.49. The molecule has 1 aromatic rings. The number of carbonyl (C=O) groups is 1. The summed E-state index contributed by atoms with van der Waals surface area (Å²) in [7, 11) is -3.54. The third kappa shape index (κ3) is 4.45. The average Bonchev–Trinajstić information content (AvgIpc) is 2.58. The van der Waals surface area contributed by atoms with Gasteiger partial charge in [-0.15, -0.1) is 0 Å². The third-order valence-electron chi connectivity index (χ3n) is 5.83. The van der Waals surface area contributed by atoms with Gasteiger partial charge in [-0.05, 0) is 56.6 Å². The molecule has 0 saturated heterocycles. The maximum absolute atomic E-state index is 12.4. The third-order valence-corrected chi connectivity index (χ3v) is 7.31. The monoisotopic (exact) mass is 379 g/mol. The first kappa shape index (κ1) is 19.3. The normalized spacial score (nSPS) is 28.5. The summed E-state index contributed by atoms with van der Waals surface area (Å²) in [5.41, 5.74) is 7.28. The summed E-state index contributed by atoms with van der Waals surface area (Å²) in [4.78, 5) is 12.7. The van der Waals surface area contributed by atoms with Gasteiger partial charge in [0.2, 0.25) is 15.9 Å². The van der Waals surface area contributed by atoms with Crippen molar-refractivity contribution < 1.29 is 13.2 Å². The van der Waals surface area contributed by atoms with Crippen molar-refractivity contribution >= 4 is 15.9 Å². The molecule has 0 heterocycles. The van der Waals surface area contributed by atoms with Crippen LogP contribution in [0, 0.1) is 24.7 Å². The highest BCUT2D eigenvalue weighted by Crippen LogP contribution is 2.41. The number of hydrogen-bond acceptors (Lipinski definition) is 4. The standard InChI is InChI=1S/C19H29N3O3S/c1-13-5-7-17(8-6-13)26(24,25)22-10-9-21-19(23)16-11-14-3-2-4-15(12-16)18(14)20/h5-8,14-16,18,22H,2-4,9-12,20H2,1H3,(H,21,23). The number of sulfonamides is 1. The molecule has 2 unspecified atom stereocenters. The van der Waals surface area contributed by atoms with Crippen molar-refractivity contribution in [1.29, 1.82) is 0 Å². The fraction of sp³-hybridized carbons (Fsp3) is 0.632. The Morgan fingerprint density at radius 2 is 1.73 bits per heavy atom. The Bertz CT molecular complexity index is 719. The quantitative estimate of drug-likeness (QED) is 0.653. The second kappa shape index (κ2) is 8.06. The number of hydrogen-bond donors (Lipinski definition) is 3. The predicted octanol–water partition coefficient (Wildman–Crippen LogP) is 1.54. The molecule has 6 nitrogen and oxygen atoms in total. The van der Waals surface area contributed by atoms with E-state index in [1.165, 1.54) is 6.42 Å². The van der Waals surface area contributed by atoms with Crippen molar-refractivity contribution in [3.8, 4) is 0 Å². The molecule has 0 radical (unpaired) electrons. The average molecular weight is 380 g/mol. The van der Waals surface area contributed by atoms with Gasteiger partial charge < -0.3 is 11.1 Å². The minimum Gasteiger partial charge on any atom is -0.355 e. The van der Waals surface area contributed by atoms with E-state index in [4.69, 9.17) is 5.73 Å². The largest absolute Gasteiger partial charge is 0.355 e. The zero-order valence-corrected chi connectivity index (χ0v) is 16.1. The Morgan fingerprint density at radius 1 is 1.12 bits per heavy atom. The fourth-order valence-corrected chi connectivity index (χ4v) is 5.35. The Balaban J connectivity index is 1.45. The first-order valence-electron chi connectivity index (χ1n) is 9.46. The van der Waals surface area contributed by atoms with Crippen LogP contribution in [0.3, 0.4) is 0 Å². The molecule has 2 aliphatic rings. The van der Waals surface area contributed by atoms with Crippen LogP contribution in [0.15, 0.2) is 29.2 Å². The molecule has 2 bridgehead atoms. The molecule has 144 valence electrons. The Labute approximate surface area is 156 Å². The summed E-state index contributed by atoms with van der Waals surface area (Å²) < 4.78 is 27.0. The van der Waals surface area contributed by atoms with Crippen molar-refractivity contribution in [3.63, 3.8) is 0 Å². The molecule has 7 heteroatoms. The van der Waals surface area contributed by atoms with Gasteiger partial charge in [-0.3, -0.25) is 4.79 Å². The van der Waals surface area contributed by atoms with Crippen LogP contribution in [-0.2, 0) is 14.8 Å². The van der Waals surface area contributed by atoms with Crippen molar-refractivity contribution in [1.82, 2.24) is 10.0 Å².